The molecule has 1 atom stereocenters. The number of benzene rings is 1. The Morgan fingerprint density at radius 3 is 2.87 bits per heavy atom. The van der Waals surface area contributed by atoms with Crippen LogP contribution in [0.15, 0.2) is 53.8 Å². The van der Waals surface area contributed by atoms with Crippen molar-refractivity contribution in [1.29, 1.82) is 0 Å². The first kappa shape index (κ1) is 20.6. The lowest BCUT2D eigenvalue weighted by molar-refractivity contribution is -0.119. The van der Waals surface area contributed by atoms with Crippen molar-refractivity contribution in [1.82, 2.24) is 15.3 Å². The topological polar surface area (TPSA) is 98.2 Å². The van der Waals surface area contributed by atoms with Crippen LogP contribution in [0.25, 0.3) is 22.0 Å². The largest absolute Gasteiger partial charge is 0.497 e. The van der Waals surface area contributed by atoms with Crippen molar-refractivity contribution in [2.75, 3.05) is 24.4 Å². The third kappa shape index (κ3) is 4.73. The van der Waals surface area contributed by atoms with Gasteiger partial charge in [0.15, 0.2) is 9.84 Å². The first-order valence-corrected chi connectivity index (χ1v) is 12.3. The number of methoxy groups -OCH3 is 1. The molecule has 1 N–H and O–H groups in total. The maximum atomic E-state index is 12.3. The van der Waals surface area contributed by atoms with E-state index < -0.39 is 9.84 Å². The molecule has 1 saturated heterocycles. The summed E-state index contributed by atoms with van der Waals surface area (Å²) in [6.07, 6.45) is 3.98. The number of fused-ring (bicyclic) bond motifs is 1. The monoisotopic (exact) mass is 443 g/mol. The average molecular weight is 444 g/mol. The maximum absolute atomic E-state index is 12.3. The standard InChI is InChI=1S/C21H21N3O4S2/c1-28-16-4-5-17-18(14-3-2-7-22-11-14)10-21(24-19(17)9-16)29-12-20(25)23-15-6-8-30(26,27)13-15/h2-5,7,9-11,15H,6,8,12-13H2,1H3,(H,23,25)/t15-/m1/s1. The van der Waals surface area contributed by atoms with E-state index in [1.54, 1.807) is 19.5 Å². The average Bonchev–Trinajstić information content (AvgIpc) is 3.09. The highest BCUT2D eigenvalue weighted by Gasteiger charge is 2.28. The van der Waals surface area contributed by atoms with Crippen LogP contribution in [0.3, 0.4) is 0 Å². The van der Waals surface area contributed by atoms with Gasteiger partial charge in [-0.05, 0) is 36.2 Å². The zero-order valence-electron chi connectivity index (χ0n) is 16.4. The van der Waals surface area contributed by atoms with Crippen LogP contribution in [0.2, 0.25) is 0 Å². The molecule has 2 aromatic heterocycles. The van der Waals surface area contributed by atoms with Crippen molar-refractivity contribution < 1.29 is 17.9 Å². The van der Waals surface area contributed by atoms with Crippen LogP contribution >= 0.6 is 11.8 Å². The second kappa shape index (κ2) is 8.61. The number of thioether (sulfide) groups is 1. The highest BCUT2D eigenvalue weighted by molar-refractivity contribution is 7.99. The number of ether oxygens (including phenoxy) is 1. The summed E-state index contributed by atoms with van der Waals surface area (Å²) in [5, 5.41) is 4.47. The predicted octanol–water partition coefficient (Wildman–Crippen LogP) is 2.70. The smallest absolute Gasteiger partial charge is 0.230 e. The first-order valence-electron chi connectivity index (χ1n) is 9.45. The van der Waals surface area contributed by atoms with E-state index in [0.29, 0.717) is 17.2 Å². The number of amides is 1. The van der Waals surface area contributed by atoms with Crippen LogP contribution in [-0.4, -0.2) is 54.7 Å². The molecule has 1 aromatic carbocycles. The van der Waals surface area contributed by atoms with E-state index in [0.717, 1.165) is 22.0 Å². The minimum Gasteiger partial charge on any atom is -0.497 e. The minimum atomic E-state index is -3.03. The number of pyridine rings is 2. The quantitative estimate of drug-likeness (QED) is 0.585. The van der Waals surface area contributed by atoms with E-state index in [-0.39, 0.29) is 29.2 Å². The molecule has 1 amide bonds. The van der Waals surface area contributed by atoms with Crippen molar-refractivity contribution in [3.05, 3.63) is 48.8 Å². The molecule has 9 heteroatoms. The highest BCUT2D eigenvalue weighted by atomic mass is 32.2. The zero-order chi connectivity index (χ0) is 21.1. The van der Waals surface area contributed by atoms with E-state index in [9.17, 15) is 13.2 Å². The minimum absolute atomic E-state index is 0.0164. The lowest BCUT2D eigenvalue weighted by atomic mass is 10.0. The van der Waals surface area contributed by atoms with Gasteiger partial charge in [0.1, 0.15) is 5.75 Å². The molecule has 0 saturated carbocycles. The predicted molar refractivity (Wildman–Crippen MR) is 117 cm³/mol. The summed E-state index contributed by atoms with van der Waals surface area (Å²) in [6, 6.07) is 11.2. The summed E-state index contributed by atoms with van der Waals surface area (Å²) in [7, 11) is -1.42. The maximum Gasteiger partial charge on any atom is 0.230 e. The summed E-state index contributed by atoms with van der Waals surface area (Å²) in [6.45, 7) is 0. The SMILES string of the molecule is COc1ccc2c(-c3cccnc3)cc(SCC(=O)N[C@@H]3CCS(=O)(=O)C3)nc2c1. The van der Waals surface area contributed by atoms with Gasteiger partial charge in [-0.1, -0.05) is 17.8 Å². The normalized spacial score (nSPS) is 17.7. The Labute approximate surface area is 179 Å². The molecule has 1 aliphatic rings. The summed E-state index contributed by atoms with van der Waals surface area (Å²) in [5.41, 5.74) is 2.69. The number of carbonyl (C=O) groups is 1. The van der Waals surface area contributed by atoms with Gasteiger partial charge in [0, 0.05) is 35.5 Å². The Kier molecular flexibility index (Phi) is 5.92. The summed E-state index contributed by atoms with van der Waals surface area (Å²) in [5.74, 6) is 0.814. The Balaban J connectivity index is 1.57. The van der Waals surface area contributed by atoms with Gasteiger partial charge in [-0.3, -0.25) is 9.78 Å². The Bertz CT molecular complexity index is 1180. The molecular formula is C21H21N3O4S2. The van der Waals surface area contributed by atoms with Gasteiger partial charge in [-0.2, -0.15) is 0 Å². The molecule has 0 bridgehead atoms. The number of carbonyl (C=O) groups excluding carboxylic acids is 1. The molecule has 0 spiro atoms. The van der Waals surface area contributed by atoms with Gasteiger partial charge in [-0.15, -0.1) is 0 Å². The molecule has 1 aliphatic heterocycles. The summed E-state index contributed by atoms with van der Waals surface area (Å²) < 4.78 is 28.5. The highest BCUT2D eigenvalue weighted by Crippen LogP contribution is 2.33. The fraction of sp³-hybridized carbons (Fsp3) is 0.286. The van der Waals surface area contributed by atoms with E-state index in [1.165, 1.54) is 11.8 Å². The fourth-order valence-corrected chi connectivity index (χ4v) is 5.86. The second-order valence-electron chi connectivity index (χ2n) is 7.09. The van der Waals surface area contributed by atoms with Gasteiger partial charge in [-0.25, -0.2) is 13.4 Å². The number of nitrogens with one attached hydrogen (secondary N) is 1. The fourth-order valence-electron chi connectivity index (χ4n) is 3.46. The molecule has 4 rings (SSSR count). The van der Waals surface area contributed by atoms with Crippen LogP contribution in [-0.2, 0) is 14.6 Å². The van der Waals surface area contributed by atoms with E-state index in [4.69, 9.17) is 4.74 Å². The second-order valence-corrected chi connectivity index (χ2v) is 10.3. The van der Waals surface area contributed by atoms with Gasteiger partial charge in [0.2, 0.25) is 5.91 Å². The van der Waals surface area contributed by atoms with Crippen LogP contribution in [0.1, 0.15) is 6.42 Å². The zero-order valence-corrected chi connectivity index (χ0v) is 18.0. The van der Waals surface area contributed by atoms with Crippen molar-refractivity contribution in [2.24, 2.45) is 0 Å². The number of hydrogen-bond donors (Lipinski definition) is 1. The lowest BCUT2D eigenvalue weighted by Gasteiger charge is -2.12. The summed E-state index contributed by atoms with van der Waals surface area (Å²) >= 11 is 1.32. The van der Waals surface area contributed by atoms with Crippen molar-refractivity contribution in [3.63, 3.8) is 0 Å². The molecular weight excluding hydrogens is 422 g/mol. The number of aromatic nitrogens is 2. The third-order valence-electron chi connectivity index (χ3n) is 4.91. The molecule has 156 valence electrons. The van der Waals surface area contributed by atoms with Crippen LogP contribution in [0.4, 0.5) is 0 Å². The van der Waals surface area contributed by atoms with E-state index in [2.05, 4.69) is 15.3 Å². The molecule has 0 aliphatic carbocycles. The Hall–Kier alpha value is -2.65. The van der Waals surface area contributed by atoms with Gasteiger partial charge >= 0.3 is 0 Å². The van der Waals surface area contributed by atoms with Crippen molar-refractivity contribution >= 4 is 38.4 Å². The first-order chi connectivity index (χ1) is 14.4. The van der Waals surface area contributed by atoms with Gasteiger partial charge in [0.05, 0.1) is 34.9 Å². The molecule has 7 nitrogen and oxygen atoms in total. The number of hydrogen-bond acceptors (Lipinski definition) is 7. The van der Waals surface area contributed by atoms with E-state index >= 15 is 0 Å². The molecule has 0 radical (unpaired) electrons. The summed E-state index contributed by atoms with van der Waals surface area (Å²) in [4.78, 5) is 21.2. The molecule has 3 heterocycles. The number of nitrogens with zero attached hydrogens (tertiary/aromatic N) is 2. The van der Waals surface area contributed by atoms with Crippen LogP contribution in [0.5, 0.6) is 5.75 Å². The Morgan fingerprint density at radius 2 is 2.17 bits per heavy atom. The van der Waals surface area contributed by atoms with Crippen LogP contribution < -0.4 is 10.1 Å². The van der Waals surface area contributed by atoms with E-state index in [1.807, 2.05) is 36.4 Å². The Morgan fingerprint density at radius 1 is 1.30 bits per heavy atom. The number of rotatable bonds is 6. The lowest BCUT2D eigenvalue weighted by Crippen LogP contribution is -2.36. The third-order valence-corrected chi connectivity index (χ3v) is 7.59. The molecule has 0 unspecified atom stereocenters. The van der Waals surface area contributed by atoms with Gasteiger partial charge in [0.25, 0.3) is 0 Å². The molecule has 3 aromatic rings. The number of sulfone groups is 1. The molecule has 1 fully saturated rings. The van der Waals surface area contributed by atoms with Crippen molar-refractivity contribution in [3.8, 4) is 16.9 Å². The van der Waals surface area contributed by atoms with Crippen LogP contribution in [0, 0.1) is 0 Å². The van der Waals surface area contributed by atoms with Gasteiger partial charge < -0.3 is 10.1 Å². The molecule has 30 heavy (non-hydrogen) atoms. The van der Waals surface area contributed by atoms with Crippen molar-refractivity contribution in [2.45, 2.75) is 17.5 Å².